The van der Waals surface area contributed by atoms with Crippen molar-refractivity contribution in [2.24, 2.45) is 0 Å². The summed E-state index contributed by atoms with van der Waals surface area (Å²) < 4.78 is 6.59. The Hall–Kier alpha value is -3.39. The number of esters is 1. The van der Waals surface area contributed by atoms with Gasteiger partial charge >= 0.3 is 5.97 Å². The van der Waals surface area contributed by atoms with Crippen LogP contribution >= 0.6 is 11.3 Å². The minimum absolute atomic E-state index is 0.287. The summed E-state index contributed by atoms with van der Waals surface area (Å²) >= 11 is 0.986. The number of thiophene rings is 1. The van der Waals surface area contributed by atoms with Crippen molar-refractivity contribution in [3.05, 3.63) is 75.2 Å². The maximum Gasteiger partial charge on any atom is 0.348 e. The predicted molar refractivity (Wildman–Crippen MR) is 106 cm³/mol. The molecule has 0 aliphatic heterocycles. The average Bonchev–Trinajstić information content (AvgIpc) is 3.31. The van der Waals surface area contributed by atoms with Gasteiger partial charge in [-0.3, -0.25) is 20.4 Å². The molecule has 0 aliphatic rings. The summed E-state index contributed by atoms with van der Waals surface area (Å²) in [5.41, 5.74) is 7.88. The number of carbonyl (C=O) groups excluding carboxylic acids is 3. The van der Waals surface area contributed by atoms with Crippen molar-refractivity contribution in [2.45, 2.75) is 13.8 Å². The Bertz CT molecular complexity index is 1040. The van der Waals surface area contributed by atoms with Gasteiger partial charge in [0.25, 0.3) is 11.8 Å². The molecule has 0 spiro atoms. The molecule has 8 heteroatoms. The summed E-state index contributed by atoms with van der Waals surface area (Å²) in [4.78, 5) is 36.8. The van der Waals surface area contributed by atoms with Crippen LogP contribution in [0.5, 0.6) is 0 Å². The quantitative estimate of drug-likeness (QED) is 0.523. The molecular formula is C20H19N3O4S. The lowest BCUT2D eigenvalue weighted by molar-refractivity contribution is 0.0606. The molecule has 2 N–H and O–H groups in total. The molecule has 0 radical (unpaired) electrons. The smallest absolute Gasteiger partial charge is 0.348 e. The molecule has 0 bridgehead atoms. The molecule has 0 unspecified atom stereocenters. The van der Waals surface area contributed by atoms with Crippen molar-refractivity contribution in [3.8, 4) is 5.69 Å². The van der Waals surface area contributed by atoms with Gasteiger partial charge in [0.05, 0.1) is 17.6 Å². The molecule has 2 amide bonds. The molecule has 7 nitrogen and oxygen atoms in total. The van der Waals surface area contributed by atoms with Gasteiger partial charge in [0.1, 0.15) is 4.88 Å². The molecule has 2 heterocycles. The Morgan fingerprint density at radius 3 is 2.25 bits per heavy atom. The Kier molecular flexibility index (Phi) is 5.60. The average molecular weight is 397 g/mol. The van der Waals surface area contributed by atoms with Crippen molar-refractivity contribution in [2.75, 3.05) is 7.11 Å². The number of hydrogen-bond donors (Lipinski definition) is 2. The SMILES string of the molecule is COC(=O)c1ccc(C(=O)NNC(=O)c2cc(C)n(-c3ccccc3)c2C)s1. The highest BCUT2D eigenvalue weighted by Gasteiger charge is 2.18. The molecule has 144 valence electrons. The molecule has 28 heavy (non-hydrogen) atoms. The van der Waals surface area contributed by atoms with Crippen LogP contribution in [0.15, 0.2) is 48.5 Å². The van der Waals surface area contributed by atoms with Crippen molar-refractivity contribution in [1.29, 1.82) is 0 Å². The highest BCUT2D eigenvalue weighted by molar-refractivity contribution is 7.15. The maximum atomic E-state index is 12.5. The zero-order valence-electron chi connectivity index (χ0n) is 15.6. The van der Waals surface area contributed by atoms with Crippen LogP contribution in [0.1, 0.15) is 41.1 Å². The molecule has 1 aromatic carbocycles. The molecule has 0 fully saturated rings. The van der Waals surface area contributed by atoms with E-state index in [9.17, 15) is 14.4 Å². The van der Waals surface area contributed by atoms with Gasteiger partial charge in [-0.25, -0.2) is 4.79 Å². The van der Waals surface area contributed by atoms with Gasteiger partial charge in [-0.1, -0.05) is 18.2 Å². The first kappa shape index (κ1) is 19.4. The molecule has 3 rings (SSSR count). The standard InChI is InChI=1S/C20H19N3O4S/c1-12-11-15(13(2)23(12)14-7-5-4-6-8-14)18(24)21-22-19(25)16-9-10-17(28-16)20(26)27-3/h4-11H,1-3H3,(H,21,24)(H,22,25). The number of nitrogens with zero attached hydrogens (tertiary/aromatic N) is 1. The van der Waals surface area contributed by atoms with Gasteiger partial charge in [-0.05, 0) is 44.2 Å². The third kappa shape index (κ3) is 3.81. The van der Waals surface area contributed by atoms with Gasteiger partial charge in [0, 0.05) is 17.1 Å². The van der Waals surface area contributed by atoms with Crippen LogP contribution in [0, 0.1) is 13.8 Å². The van der Waals surface area contributed by atoms with E-state index in [1.165, 1.54) is 19.2 Å². The summed E-state index contributed by atoms with van der Waals surface area (Å²) in [6.45, 7) is 3.76. The van der Waals surface area contributed by atoms with Crippen LogP contribution < -0.4 is 10.9 Å². The first-order valence-electron chi connectivity index (χ1n) is 8.45. The molecule has 0 atom stereocenters. The summed E-state index contributed by atoms with van der Waals surface area (Å²) in [5, 5.41) is 0. The second-order valence-electron chi connectivity index (χ2n) is 6.02. The minimum Gasteiger partial charge on any atom is -0.465 e. The molecule has 0 aliphatic carbocycles. The maximum absolute atomic E-state index is 12.5. The molecule has 3 aromatic rings. The van der Waals surface area contributed by atoms with Gasteiger partial charge in [0.2, 0.25) is 0 Å². The topological polar surface area (TPSA) is 89.4 Å². The van der Waals surface area contributed by atoms with E-state index >= 15 is 0 Å². The van der Waals surface area contributed by atoms with Crippen LogP contribution in [-0.4, -0.2) is 29.5 Å². The van der Waals surface area contributed by atoms with E-state index in [1.807, 2.05) is 48.7 Å². The first-order chi connectivity index (χ1) is 13.4. The van der Waals surface area contributed by atoms with E-state index in [-0.39, 0.29) is 4.88 Å². The number of amides is 2. The first-order valence-corrected chi connectivity index (χ1v) is 9.27. The fraction of sp³-hybridized carbons (Fsp3) is 0.150. The van der Waals surface area contributed by atoms with Gasteiger partial charge in [-0.2, -0.15) is 0 Å². The number of carbonyl (C=O) groups is 3. The van der Waals surface area contributed by atoms with Crippen molar-refractivity contribution in [3.63, 3.8) is 0 Å². The lowest BCUT2D eigenvalue weighted by atomic mass is 10.2. The Labute approximate surface area is 165 Å². The number of hydrazine groups is 1. The lowest BCUT2D eigenvalue weighted by Gasteiger charge is -2.10. The largest absolute Gasteiger partial charge is 0.465 e. The van der Waals surface area contributed by atoms with Crippen LogP contribution in [-0.2, 0) is 4.74 Å². The van der Waals surface area contributed by atoms with E-state index in [1.54, 1.807) is 6.07 Å². The zero-order chi connectivity index (χ0) is 20.3. The van der Waals surface area contributed by atoms with E-state index in [4.69, 9.17) is 0 Å². The number of rotatable bonds is 4. The van der Waals surface area contributed by atoms with Crippen LogP contribution in [0.3, 0.4) is 0 Å². The second-order valence-corrected chi connectivity index (χ2v) is 7.10. The Balaban J connectivity index is 1.71. The lowest BCUT2D eigenvalue weighted by Crippen LogP contribution is -2.41. The Morgan fingerprint density at radius 2 is 1.57 bits per heavy atom. The zero-order valence-corrected chi connectivity index (χ0v) is 16.4. The molecule has 0 saturated heterocycles. The third-order valence-corrected chi connectivity index (χ3v) is 5.26. The summed E-state index contributed by atoms with van der Waals surface area (Å²) in [5.74, 6) is -1.44. The summed E-state index contributed by atoms with van der Waals surface area (Å²) in [7, 11) is 1.27. The number of benzene rings is 1. The highest BCUT2D eigenvalue weighted by Crippen LogP contribution is 2.21. The predicted octanol–water partition coefficient (Wildman–Crippen LogP) is 3.02. The Morgan fingerprint density at radius 1 is 0.929 bits per heavy atom. The van der Waals surface area contributed by atoms with E-state index < -0.39 is 17.8 Å². The van der Waals surface area contributed by atoms with Crippen LogP contribution in [0.25, 0.3) is 5.69 Å². The summed E-state index contributed by atoms with van der Waals surface area (Å²) in [6, 6.07) is 14.5. The van der Waals surface area contributed by atoms with Gasteiger partial charge in [0.15, 0.2) is 0 Å². The minimum atomic E-state index is -0.513. The molecule has 0 saturated carbocycles. The number of hydrogen-bond acceptors (Lipinski definition) is 5. The molecular weight excluding hydrogens is 378 g/mol. The van der Waals surface area contributed by atoms with E-state index in [2.05, 4.69) is 15.6 Å². The van der Waals surface area contributed by atoms with Crippen LogP contribution in [0.4, 0.5) is 0 Å². The molecule has 2 aromatic heterocycles. The van der Waals surface area contributed by atoms with Crippen molar-refractivity contribution >= 4 is 29.1 Å². The monoisotopic (exact) mass is 397 g/mol. The highest BCUT2D eigenvalue weighted by atomic mass is 32.1. The fourth-order valence-electron chi connectivity index (χ4n) is 2.88. The number of aryl methyl sites for hydroxylation is 1. The number of methoxy groups -OCH3 is 1. The van der Waals surface area contributed by atoms with Gasteiger partial charge < -0.3 is 9.30 Å². The van der Waals surface area contributed by atoms with Crippen molar-refractivity contribution < 1.29 is 19.1 Å². The second kappa shape index (κ2) is 8.10. The summed E-state index contributed by atoms with van der Waals surface area (Å²) in [6.07, 6.45) is 0. The van der Waals surface area contributed by atoms with Crippen LogP contribution in [0.2, 0.25) is 0 Å². The van der Waals surface area contributed by atoms with Gasteiger partial charge in [-0.15, -0.1) is 11.3 Å². The number of aromatic nitrogens is 1. The third-order valence-electron chi connectivity index (χ3n) is 4.20. The normalized spacial score (nSPS) is 10.4. The fourth-order valence-corrected chi connectivity index (χ4v) is 3.70. The van der Waals surface area contributed by atoms with E-state index in [0.717, 1.165) is 28.4 Å². The number of para-hydroxylation sites is 1. The number of nitrogens with one attached hydrogen (secondary N) is 2. The van der Waals surface area contributed by atoms with E-state index in [0.29, 0.717) is 10.4 Å². The number of ether oxygens (including phenoxy) is 1. The van der Waals surface area contributed by atoms with Crippen molar-refractivity contribution in [1.82, 2.24) is 15.4 Å².